The van der Waals surface area contributed by atoms with Gasteiger partial charge in [0.15, 0.2) is 0 Å². The van der Waals surface area contributed by atoms with Gasteiger partial charge < -0.3 is 16.0 Å². The standard InChI is InChI=1S/C27H22ClN3O2S/c28-20-11-13-22(14-12-20)29-26(32)25(19-7-3-1-4-8-19)34-24-17-15-23(16-18-24)31-27(33)30-21-9-5-2-6-10-21/h1-18,25H,(H,29,32)(H2,30,31,33). The van der Waals surface area contributed by atoms with Crippen molar-refractivity contribution in [3.05, 3.63) is 120 Å². The molecule has 0 aliphatic heterocycles. The lowest BCUT2D eigenvalue weighted by atomic mass is 10.1. The first kappa shape index (κ1) is 23.4. The number of amides is 3. The highest BCUT2D eigenvalue weighted by Crippen LogP contribution is 2.36. The van der Waals surface area contributed by atoms with Gasteiger partial charge >= 0.3 is 6.03 Å². The number of carbonyl (C=O) groups excluding carboxylic acids is 2. The van der Waals surface area contributed by atoms with E-state index in [-0.39, 0.29) is 11.9 Å². The van der Waals surface area contributed by atoms with Crippen LogP contribution in [0.1, 0.15) is 10.8 Å². The van der Waals surface area contributed by atoms with Gasteiger partial charge in [0.2, 0.25) is 5.91 Å². The van der Waals surface area contributed by atoms with Crippen LogP contribution in [-0.4, -0.2) is 11.9 Å². The smallest absolute Gasteiger partial charge is 0.323 e. The summed E-state index contributed by atoms with van der Waals surface area (Å²) in [5.41, 5.74) is 2.94. The number of rotatable bonds is 7. The Kier molecular flexibility index (Phi) is 7.86. The zero-order chi connectivity index (χ0) is 23.8. The molecule has 0 radical (unpaired) electrons. The maximum absolute atomic E-state index is 13.2. The number of nitrogens with one attached hydrogen (secondary N) is 3. The summed E-state index contributed by atoms with van der Waals surface area (Å²) in [6, 6.07) is 32.9. The van der Waals surface area contributed by atoms with E-state index in [1.54, 1.807) is 24.3 Å². The Morgan fingerprint density at radius 2 is 1.12 bits per heavy atom. The van der Waals surface area contributed by atoms with Crippen LogP contribution in [0.15, 0.2) is 114 Å². The average Bonchev–Trinajstić information content (AvgIpc) is 2.86. The molecule has 3 N–H and O–H groups in total. The van der Waals surface area contributed by atoms with E-state index in [1.165, 1.54) is 11.8 Å². The third-order valence-corrected chi connectivity index (χ3v) is 6.37. The van der Waals surface area contributed by atoms with Gasteiger partial charge in [0.1, 0.15) is 5.25 Å². The summed E-state index contributed by atoms with van der Waals surface area (Å²) in [4.78, 5) is 26.3. The Labute approximate surface area is 207 Å². The molecule has 0 fully saturated rings. The molecule has 4 aromatic carbocycles. The van der Waals surface area contributed by atoms with E-state index >= 15 is 0 Å². The highest BCUT2D eigenvalue weighted by atomic mass is 35.5. The van der Waals surface area contributed by atoms with Crippen molar-refractivity contribution in [2.24, 2.45) is 0 Å². The first-order valence-corrected chi connectivity index (χ1v) is 11.8. The number of anilines is 3. The van der Waals surface area contributed by atoms with Gasteiger partial charge in [-0.3, -0.25) is 4.79 Å². The highest BCUT2D eigenvalue weighted by Gasteiger charge is 2.22. The van der Waals surface area contributed by atoms with Gasteiger partial charge in [-0.2, -0.15) is 0 Å². The second-order valence-corrected chi connectivity index (χ2v) is 8.99. The zero-order valence-corrected chi connectivity index (χ0v) is 19.6. The monoisotopic (exact) mass is 487 g/mol. The molecule has 1 atom stereocenters. The average molecular weight is 488 g/mol. The second-order valence-electron chi connectivity index (χ2n) is 7.37. The molecular formula is C27H22ClN3O2S. The van der Waals surface area contributed by atoms with Crippen molar-refractivity contribution in [3.8, 4) is 0 Å². The van der Waals surface area contributed by atoms with Crippen LogP contribution in [0.4, 0.5) is 21.9 Å². The minimum absolute atomic E-state index is 0.136. The molecule has 0 spiro atoms. The van der Waals surface area contributed by atoms with Gasteiger partial charge in [-0.25, -0.2) is 4.79 Å². The van der Waals surface area contributed by atoms with Crippen LogP contribution in [0.2, 0.25) is 5.02 Å². The summed E-state index contributed by atoms with van der Waals surface area (Å²) >= 11 is 7.39. The van der Waals surface area contributed by atoms with E-state index in [1.807, 2.05) is 84.9 Å². The molecule has 0 aromatic heterocycles. The maximum Gasteiger partial charge on any atom is 0.323 e. The van der Waals surface area contributed by atoms with E-state index in [0.29, 0.717) is 22.1 Å². The molecule has 1 unspecified atom stereocenters. The molecular weight excluding hydrogens is 466 g/mol. The Morgan fingerprint density at radius 1 is 0.618 bits per heavy atom. The predicted octanol–water partition coefficient (Wildman–Crippen LogP) is 7.46. The van der Waals surface area contributed by atoms with E-state index in [2.05, 4.69) is 16.0 Å². The number of hydrogen-bond acceptors (Lipinski definition) is 3. The molecule has 0 bridgehead atoms. The molecule has 5 nitrogen and oxygen atoms in total. The Hall–Kier alpha value is -3.74. The van der Waals surface area contributed by atoms with Gasteiger partial charge in [0.05, 0.1) is 0 Å². The van der Waals surface area contributed by atoms with Crippen molar-refractivity contribution in [2.45, 2.75) is 10.1 Å². The normalized spacial score (nSPS) is 11.3. The second kappa shape index (κ2) is 11.4. The van der Waals surface area contributed by atoms with Gasteiger partial charge in [-0.1, -0.05) is 60.1 Å². The molecule has 4 rings (SSSR count). The summed E-state index contributed by atoms with van der Waals surface area (Å²) in [5.74, 6) is -0.136. The fourth-order valence-electron chi connectivity index (χ4n) is 3.21. The molecule has 170 valence electrons. The minimum atomic E-state index is -0.461. The first-order valence-electron chi connectivity index (χ1n) is 10.6. The molecule has 34 heavy (non-hydrogen) atoms. The molecule has 4 aromatic rings. The fourth-order valence-corrected chi connectivity index (χ4v) is 4.36. The van der Waals surface area contributed by atoms with Crippen LogP contribution in [0, 0.1) is 0 Å². The summed E-state index contributed by atoms with van der Waals surface area (Å²) in [5, 5.41) is 8.71. The van der Waals surface area contributed by atoms with Gasteiger partial charge in [-0.15, -0.1) is 11.8 Å². The highest BCUT2D eigenvalue weighted by molar-refractivity contribution is 8.00. The SMILES string of the molecule is O=C(Nc1ccccc1)Nc1ccc(SC(C(=O)Nc2ccc(Cl)cc2)c2ccccc2)cc1. The van der Waals surface area contributed by atoms with Crippen LogP contribution in [0.5, 0.6) is 0 Å². The maximum atomic E-state index is 13.2. The van der Waals surface area contributed by atoms with Crippen LogP contribution in [0.25, 0.3) is 0 Å². The Morgan fingerprint density at radius 3 is 1.74 bits per heavy atom. The Bertz CT molecular complexity index is 1230. The molecule has 0 saturated carbocycles. The number of thioether (sulfide) groups is 1. The van der Waals surface area contributed by atoms with E-state index in [9.17, 15) is 9.59 Å². The molecule has 0 heterocycles. The molecule has 0 saturated heterocycles. The molecule has 0 aliphatic rings. The Balaban J connectivity index is 1.44. The van der Waals surface area contributed by atoms with Crippen molar-refractivity contribution in [1.29, 1.82) is 0 Å². The molecule has 3 amide bonds. The fraction of sp³-hybridized carbons (Fsp3) is 0.0370. The number of benzene rings is 4. The lowest BCUT2D eigenvalue weighted by molar-refractivity contribution is -0.115. The number of urea groups is 1. The van der Waals surface area contributed by atoms with Crippen molar-refractivity contribution >= 4 is 52.4 Å². The van der Waals surface area contributed by atoms with Crippen molar-refractivity contribution in [1.82, 2.24) is 0 Å². The lowest BCUT2D eigenvalue weighted by Crippen LogP contribution is -2.19. The van der Waals surface area contributed by atoms with Crippen molar-refractivity contribution < 1.29 is 9.59 Å². The van der Waals surface area contributed by atoms with Gasteiger partial charge in [-0.05, 0) is 66.2 Å². The molecule has 7 heteroatoms. The van der Waals surface area contributed by atoms with Gasteiger partial charge in [0.25, 0.3) is 0 Å². The number of halogens is 1. The third kappa shape index (κ3) is 6.63. The van der Waals surface area contributed by atoms with Crippen LogP contribution in [0.3, 0.4) is 0 Å². The third-order valence-electron chi connectivity index (χ3n) is 4.85. The number of carbonyl (C=O) groups is 2. The largest absolute Gasteiger partial charge is 0.325 e. The summed E-state index contributed by atoms with van der Waals surface area (Å²) in [6.45, 7) is 0. The van der Waals surface area contributed by atoms with Crippen LogP contribution < -0.4 is 16.0 Å². The van der Waals surface area contributed by atoms with E-state index in [4.69, 9.17) is 11.6 Å². The van der Waals surface area contributed by atoms with Crippen LogP contribution >= 0.6 is 23.4 Å². The topological polar surface area (TPSA) is 70.2 Å². The predicted molar refractivity (Wildman–Crippen MR) is 141 cm³/mol. The zero-order valence-electron chi connectivity index (χ0n) is 18.1. The van der Waals surface area contributed by atoms with E-state index < -0.39 is 5.25 Å². The summed E-state index contributed by atoms with van der Waals surface area (Å²) < 4.78 is 0. The minimum Gasteiger partial charge on any atom is -0.325 e. The van der Waals surface area contributed by atoms with Crippen molar-refractivity contribution in [2.75, 3.05) is 16.0 Å². The lowest BCUT2D eigenvalue weighted by Gasteiger charge is -2.17. The number of hydrogen-bond donors (Lipinski definition) is 3. The number of para-hydroxylation sites is 1. The van der Waals surface area contributed by atoms with E-state index in [0.717, 1.165) is 10.5 Å². The van der Waals surface area contributed by atoms with Crippen molar-refractivity contribution in [3.63, 3.8) is 0 Å². The summed E-state index contributed by atoms with van der Waals surface area (Å²) in [7, 11) is 0. The summed E-state index contributed by atoms with van der Waals surface area (Å²) in [6.07, 6.45) is 0. The van der Waals surface area contributed by atoms with Gasteiger partial charge in [0, 0.05) is 27.0 Å². The molecule has 0 aliphatic carbocycles. The quantitative estimate of drug-likeness (QED) is 0.237. The van der Waals surface area contributed by atoms with Crippen LogP contribution in [-0.2, 0) is 4.79 Å². The first-order chi connectivity index (χ1) is 16.6.